The van der Waals surface area contributed by atoms with Gasteiger partial charge in [-0.1, -0.05) is 28.1 Å². The van der Waals surface area contributed by atoms with Crippen molar-refractivity contribution in [1.82, 2.24) is 4.90 Å². The van der Waals surface area contributed by atoms with Crippen LogP contribution < -0.4 is 4.74 Å². The van der Waals surface area contributed by atoms with Crippen molar-refractivity contribution in [3.63, 3.8) is 0 Å². The van der Waals surface area contributed by atoms with Gasteiger partial charge in [-0.15, -0.1) is 0 Å². The molecule has 0 aliphatic heterocycles. The third-order valence-corrected chi connectivity index (χ3v) is 5.36. The largest absolute Gasteiger partial charge is 0.508 e. The normalized spacial score (nSPS) is 11.0. The topological polar surface area (TPSA) is 70.0 Å². The van der Waals surface area contributed by atoms with Crippen LogP contribution in [0.4, 0.5) is 0 Å². The van der Waals surface area contributed by atoms with Crippen molar-refractivity contribution in [3.05, 3.63) is 70.2 Å². The second kappa shape index (κ2) is 9.89. The number of aromatic hydroxyl groups is 1. The molecule has 156 valence electrons. The van der Waals surface area contributed by atoms with Gasteiger partial charge in [-0.2, -0.15) is 0 Å². The fourth-order valence-corrected chi connectivity index (χ4v) is 3.93. The SMILES string of the molecule is CN(C)CCOc1ccc(C=O)c(-c2cc(CO)cc(Br)c2-c2ccc(O)cc2)c1. The number of phenolic OH excluding ortho intramolecular Hbond substituents is 1. The predicted octanol–water partition coefficient (Wildman–Crippen LogP) is 4.73. The quantitative estimate of drug-likeness (QED) is 0.466. The first-order valence-electron chi connectivity index (χ1n) is 9.52. The highest BCUT2D eigenvalue weighted by molar-refractivity contribution is 9.10. The zero-order valence-electron chi connectivity index (χ0n) is 16.9. The van der Waals surface area contributed by atoms with E-state index < -0.39 is 0 Å². The van der Waals surface area contributed by atoms with Gasteiger partial charge in [0.15, 0.2) is 6.29 Å². The Morgan fingerprint density at radius 3 is 2.40 bits per heavy atom. The molecule has 3 rings (SSSR count). The molecule has 2 N–H and O–H groups in total. The van der Waals surface area contributed by atoms with E-state index in [0.717, 1.165) is 39.6 Å². The van der Waals surface area contributed by atoms with Crippen LogP contribution in [-0.2, 0) is 6.61 Å². The molecular weight excluding hydrogens is 446 g/mol. The summed E-state index contributed by atoms with van der Waals surface area (Å²) in [5, 5.41) is 19.4. The molecule has 3 aromatic rings. The lowest BCUT2D eigenvalue weighted by Crippen LogP contribution is -2.19. The van der Waals surface area contributed by atoms with Crippen LogP contribution in [0.2, 0.25) is 0 Å². The van der Waals surface area contributed by atoms with Crippen LogP contribution in [0.25, 0.3) is 22.3 Å². The molecule has 0 saturated carbocycles. The highest BCUT2D eigenvalue weighted by Gasteiger charge is 2.17. The molecular formula is C24H24BrNO4. The monoisotopic (exact) mass is 469 g/mol. The Bertz CT molecular complexity index is 1030. The Morgan fingerprint density at radius 1 is 1.03 bits per heavy atom. The highest BCUT2D eigenvalue weighted by Crippen LogP contribution is 2.41. The number of benzene rings is 3. The average Bonchev–Trinajstić information content (AvgIpc) is 2.73. The van der Waals surface area contributed by atoms with E-state index in [1.54, 1.807) is 24.3 Å². The molecule has 0 radical (unpaired) electrons. The third-order valence-electron chi connectivity index (χ3n) is 4.74. The summed E-state index contributed by atoms with van der Waals surface area (Å²) in [5.41, 5.74) is 4.48. The number of aliphatic hydroxyl groups is 1. The lowest BCUT2D eigenvalue weighted by Gasteiger charge is -2.17. The summed E-state index contributed by atoms with van der Waals surface area (Å²) in [6.45, 7) is 1.17. The van der Waals surface area contributed by atoms with Gasteiger partial charge in [-0.25, -0.2) is 0 Å². The maximum absolute atomic E-state index is 11.8. The van der Waals surface area contributed by atoms with Crippen LogP contribution >= 0.6 is 15.9 Å². The Morgan fingerprint density at radius 2 is 1.77 bits per heavy atom. The number of halogens is 1. The average molecular weight is 470 g/mol. The van der Waals surface area contributed by atoms with Crippen LogP contribution in [0.15, 0.2) is 59.1 Å². The molecule has 5 nitrogen and oxygen atoms in total. The molecule has 0 heterocycles. The minimum atomic E-state index is -0.128. The lowest BCUT2D eigenvalue weighted by atomic mass is 9.90. The summed E-state index contributed by atoms with van der Waals surface area (Å²) >= 11 is 3.62. The Kier molecular flexibility index (Phi) is 7.26. The Hall–Kier alpha value is -2.67. The van der Waals surface area contributed by atoms with Gasteiger partial charge in [0.05, 0.1) is 6.61 Å². The zero-order chi connectivity index (χ0) is 21.7. The van der Waals surface area contributed by atoms with Crippen molar-refractivity contribution >= 4 is 22.2 Å². The van der Waals surface area contributed by atoms with E-state index in [0.29, 0.717) is 23.5 Å². The number of hydrogen-bond acceptors (Lipinski definition) is 5. The fraction of sp³-hybridized carbons (Fsp3) is 0.208. The van der Waals surface area contributed by atoms with E-state index in [4.69, 9.17) is 4.74 Å². The maximum Gasteiger partial charge on any atom is 0.150 e. The van der Waals surface area contributed by atoms with Crippen LogP contribution in [-0.4, -0.2) is 48.6 Å². The maximum atomic E-state index is 11.8. The molecule has 0 fully saturated rings. The van der Waals surface area contributed by atoms with E-state index in [-0.39, 0.29) is 12.4 Å². The lowest BCUT2D eigenvalue weighted by molar-refractivity contribution is 0.112. The van der Waals surface area contributed by atoms with E-state index in [2.05, 4.69) is 15.9 Å². The molecule has 30 heavy (non-hydrogen) atoms. The number of rotatable bonds is 8. The van der Waals surface area contributed by atoms with Crippen molar-refractivity contribution < 1.29 is 19.7 Å². The molecule has 0 aliphatic carbocycles. The second-order valence-corrected chi connectivity index (χ2v) is 8.08. The van der Waals surface area contributed by atoms with Gasteiger partial charge in [0.1, 0.15) is 18.1 Å². The Balaban J connectivity index is 2.16. The first kappa shape index (κ1) is 22.0. The first-order chi connectivity index (χ1) is 14.4. The minimum absolute atomic E-state index is 0.128. The minimum Gasteiger partial charge on any atom is -0.508 e. The smallest absolute Gasteiger partial charge is 0.150 e. The molecule has 0 amide bonds. The number of nitrogens with zero attached hydrogens (tertiary/aromatic N) is 1. The number of ether oxygens (including phenoxy) is 1. The molecule has 0 saturated heterocycles. The molecule has 0 spiro atoms. The number of carbonyl (C=O) groups is 1. The molecule has 0 aliphatic rings. The standard InChI is InChI=1S/C24H24BrNO4/c1-26(2)9-10-30-20-8-5-18(15-28)21(13-20)22-11-16(14-27)12-23(25)24(22)17-3-6-19(29)7-4-17/h3-8,11-13,15,27,29H,9-10,14H2,1-2H3. The molecule has 0 aromatic heterocycles. The van der Waals surface area contributed by atoms with Crippen molar-refractivity contribution in [2.45, 2.75) is 6.61 Å². The zero-order valence-corrected chi connectivity index (χ0v) is 18.5. The van der Waals surface area contributed by atoms with Gasteiger partial charge in [-0.05, 0) is 78.8 Å². The summed E-state index contributed by atoms with van der Waals surface area (Å²) in [6, 6.07) is 16.0. The van der Waals surface area contributed by atoms with Gasteiger partial charge in [0, 0.05) is 22.1 Å². The molecule has 0 atom stereocenters. The van der Waals surface area contributed by atoms with Gasteiger partial charge in [-0.3, -0.25) is 4.79 Å². The summed E-state index contributed by atoms with van der Waals surface area (Å²) in [5.74, 6) is 0.841. The van der Waals surface area contributed by atoms with E-state index in [1.165, 1.54) is 0 Å². The van der Waals surface area contributed by atoms with Gasteiger partial charge in [0.25, 0.3) is 0 Å². The summed E-state index contributed by atoms with van der Waals surface area (Å²) < 4.78 is 6.66. The fourth-order valence-electron chi connectivity index (χ4n) is 3.20. The summed E-state index contributed by atoms with van der Waals surface area (Å²) in [7, 11) is 3.96. The Labute approximate surface area is 184 Å². The summed E-state index contributed by atoms with van der Waals surface area (Å²) in [4.78, 5) is 13.8. The second-order valence-electron chi connectivity index (χ2n) is 7.22. The van der Waals surface area contributed by atoms with Crippen molar-refractivity contribution in [2.75, 3.05) is 27.2 Å². The first-order valence-corrected chi connectivity index (χ1v) is 10.3. The van der Waals surface area contributed by atoms with Gasteiger partial charge >= 0.3 is 0 Å². The third kappa shape index (κ3) is 5.08. The van der Waals surface area contributed by atoms with Gasteiger partial charge in [0.2, 0.25) is 0 Å². The number of carbonyl (C=O) groups excluding carboxylic acids is 1. The van der Waals surface area contributed by atoms with E-state index in [1.807, 2.05) is 49.3 Å². The van der Waals surface area contributed by atoms with Crippen LogP contribution in [0.1, 0.15) is 15.9 Å². The van der Waals surface area contributed by atoms with E-state index in [9.17, 15) is 15.0 Å². The number of hydrogen-bond donors (Lipinski definition) is 2. The number of aldehydes is 1. The predicted molar refractivity (Wildman–Crippen MR) is 122 cm³/mol. The van der Waals surface area contributed by atoms with E-state index >= 15 is 0 Å². The van der Waals surface area contributed by atoms with Crippen LogP contribution in [0.5, 0.6) is 11.5 Å². The van der Waals surface area contributed by atoms with Crippen molar-refractivity contribution in [3.8, 4) is 33.8 Å². The highest BCUT2D eigenvalue weighted by atomic mass is 79.9. The van der Waals surface area contributed by atoms with Crippen LogP contribution in [0, 0.1) is 0 Å². The number of phenols is 1. The van der Waals surface area contributed by atoms with Crippen molar-refractivity contribution in [1.29, 1.82) is 0 Å². The number of aliphatic hydroxyl groups excluding tert-OH is 1. The van der Waals surface area contributed by atoms with Crippen LogP contribution in [0.3, 0.4) is 0 Å². The van der Waals surface area contributed by atoms with Gasteiger partial charge < -0.3 is 19.8 Å². The molecule has 6 heteroatoms. The molecule has 0 unspecified atom stereocenters. The molecule has 0 bridgehead atoms. The van der Waals surface area contributed by atoms with Crippen molar-refractivity contribution in [2.24, 2.45) is 0 Å². The summed E-state index contributed by atoms with van der Waals surface area (Å²) in [6.07, 6.45) is 0.819. The number of likely N-dealkylation sites (N-methyl/N-ethyl adjacent to an activating group) is 1. The molecule has 3 aromatic carbocycles.